The Hall–Kier alpha value is -0.800. The number of nitrogens with one attached hydrogen (secondary N) is 2. The van der Waals surface area contributed by atoms with Crippen LogP contribution in [-0.2, 0) is 19.4 Å². The number of hydrogen-bond acceptors (Lipinski definition) is 4. The minimum atomic E-state index is 0. The number of halogens is 1. The molecule has 0 radical (unpaired) electrons. The Bertz CT molecular complexity index is 685. The molecule has 0 atom stereocenters. The van der Waals surface area contributed by atoms with Crippen LogP contribution in [0.15, 0.2) is 33.5 Å². The van der Waals surface area contributed by atoms with Crippen LogP contribution in [0, 0.1) is 6.92 Å². The minimum absolute atomic E-state index is 0. The van der Waals surface area contributed by atoms with Gasteiger partial charge in [-0.3, -0.25) is 4.99 Å². The van der Waals surface area contributed by atoms with E-state index in [1.54, 1.807) is 30.1 Å². The zero-order valence-corrected chi connectivity index (χ0v) is 19.2. The Kier molecular flexibility index (Phi) is 10.4. The van der Waals surface area contributed by atoms with E-state index in [-0.39, 0.29) is 24.0 Å². The number of thiazole rings is 1. The molecule has 0 spiro atoms. The fraction of sp³-hybridized carbons (Fsp3) is 0.444. The zero-order chi connectivity index (χ0) is 17.4. The van der Waals surface area contributed by atoms with E-state index in [0.29, 0.717) is 0 Å². The van der Waals surface area contributed by atoms with Crippen molar-refractivity contribution in [2.45, 2.75) is 38.1 Å². The molecule has 0 bridgehead atoms. The first-order valence-electron chi connectivity index (χ1n) is 8.17. The number of benzene rings is 1. The molecule has 2 rings (SSSR count). The molecule has 25 heavy (non-hydrogen) atoms. The zero-order valence-electron chi connectivity index (χ0n) is 15.3. The van der Waals surface area contributed by atoms with Crippen molar-refractivity contribution < 1.29 is 0 Å². The maximum atomic E-state index is 4.59. The van der Waals surface area contributed by atoms with Crippen molar-refractivity contribution in [3.8, 4) is 0 Å². The van der Waals surface area contributed by atoms with Crippen LogP contribution in [-0.4, -0.2) is 30.8 Å². The number of thioether (sulfide) groups is 1. The summed E-state index contributed by atoms with van der Waals surface area (Å²) >= 11 is 3.52. The number of aliphatic imine (C=N–C) groups is 1. The normalized spacial score (nSPS) is 11.1. The van der Waals surface area contributed by atoms with Crippen LogP contribution in [0.25, 0.3) is 0 Å². The highest BCUT2D eigenvalue weighted by molar-refractivity contribution is 14.0. The number of aryl methyl sites for hydroxylation is 2. The van der Waals surface area contributed by atoms with E-state index in [9.17, 15) is 0 Å². The van der Waals surface area contributed by atoms with E-state index in [4.69, 9.17) is 0 Å². The predicted octanol–water partition coefficient (Wildman–Crippen LogP) is 4.26. The Labute approximate surface area is 176 Å². The fourth-order valence-corrected chi connectivity index (χ4v) is 3.82. The average Bonchev–Trinajstić information content (AvgIpc) is 3.06. The molecular weight excluding hydrogens is 463 g/mol. The van der Waals surface area contributed by atoms with Gasteiger partial charge >= 0.3 is 0 Å². The maximum Gasteiger partial charge on any atom is 0.191 e. The van der Waals surface area contributed by atoms with Crippen LogP contribution in [0.5, 0.6) is 0 Å². The second kappa shape index (κ2) is 11.7. The van der Waals surface area contributed by atoms with E-state index in [1.807, 2.05) is 0 Å². The van der Waals surface area contributed by atoms with Crippen LogP contribution in [0.1, 0.15) is 28.8 Å². The van der Waals surface area contributed by atoms with Crippen LogP contribution in [0.2, 0.25) is 0 Å². The summed E-state index contributed by atoms with van der Waals surface area (Å²) in [5.41, 5.74) is 3.74. The molecule has 2 aromatic rings. The van der Waals surface area contributed by atoms with Crippen molar-refractivity contribution >= 4 is 53.0 Å². The first kappa shape index (κ1) is 22.2. The third-order valence-corrected chi connectivity index (χ3v) is 5.55. The van der Waals surface area contributed by atoms with Crippen molar-refractivity contribution in [2.75, 3.05) is 19.8 Å². The average molecular weight is 490 g/mol. The standard InChI is InChI=1S/C18H26N4S2.HI/c1-5-17-22-15(12-24-17)8-9-20-18(19-3)21-11-14-7-6-13(2)10-16(14)23-4;/h6-7,10,12H,5,8-9,11H2,1-4H3,(H2,19,20,21);1H. The molecule has 4 nitrogen and oxygen atoms in total. The Morgan fingerprint density at radius 3 is 2.76 bits per heavy atom. The molecule has 0 saturated heterocycles. The Morgan fingerprint density at radius 1 is 1.32 bits per heavy atom. The summed E-state index contributed by atoms with van der Waals surface area (Å²) in [6.07, 6.45) is 4.04. The summed E-state index contributed by atoms with van der Waals surface area (Å²) in [6.45, 7) is 5.86. The van der Waals surface area contributed by atoms with Crippen molar-refractivity contribution in [1.29, 1.82) is 0 Å². The molecular formula is C18H27IN4S2. The Morgan fingerprint density at radius 2 is 2.12 bits per heavy atom. The predicted molar refractivity (Wildman–Crippen MR) is 122 cm³/mol. The first-order chi connectivity index (χ1) is 11.7. The SMILES string of the molecule is CCc1nc(CCNC(=NC)NCc2ccc(C)cc2SC)cs1.I. The van der Waals surface area contributed by atoms with Gasteiger partial charge in [0.25, 0.3) is 0 Å². The van der Waals surface area contributed by atoms with Gasteiger partial charge in [-0.05, 0) is 36.8 Å². The van der Waals surface area contributed by atoms with E-state index >= 15 is 0 Å². The maximum absolute atomic E-state index is 4.59. The first-order valence-corrected chi connectivity index (χ1v) is 10.3. The molecule has 7 heteroatoms. The lowest BCUT2D eigenvalue weighted by molar-refractivity contribution is 0.780. The van der Waals surface area contributed by atoms with Crippen LogP contribution in [0.3, 0.4) is 0 Å². The van der Waals surface area contributed by atoms with Gasteiger partial charge in [0, 0.05) is 36.8 Å². The number of aromatic nitrogens is 1. The van der Waals surface area contributed by atoms with Gasteiger partial charge in [0.2, 0.25) is 0 Å². The number of guanidine groups is 1. The van der Waals surface area contributed by atoms with Crippen molar-refractivity contribution in [3.05, 3.63) is 45.4 Å². The summed E-state index contributed by atoms with van der Waals surface area (Å²) in [6, 6.07) is 6.56. The number of rotatable bonds is 7. The summed E-state index contributed by atoms with van der Waals surface area (Å²) in [5.74, 6) is 0.827. The van der Waals surface area contributed by atoms with E-state index < -0.39 is 0 Å². The van der Waals surface area contributed by atoms with Crippen molar-refractivity contribution in [3.63, 3.8) is 0 Å². The van der Waals surface area contributed by atoms with Gasteiger partial charge in [-0.2, -0.15) is 0 Å². The molecule has 1 heterocycles. The van der Waals surface area contributed by atoms with Gasteiger partial charge in [0.15, 0.2) is 5.96 Å². The van der Waals surface area contributed by atoms with Gasteiger partial charge in [-0.25, -0.2) is 4.98 Å². The molecule has 0 aliphatic heterocycles. The highest BCUT2D eigenvalue weighted by Gasteiger charge is 2.05. The largest absolute Gasteiger partial charge is 0.356 e. The molecule has 0 unspecified atom stereocenters. The van der Waals surface area contributed by atoms with E-state index in [0.717, 1.165) is 37.6 Å². The molecule has 1 aromatic heterocycles. The van der Waals surface area contributed by atoms with Gasteiger partial charge < -0.3 is 10.6 Å². The minimum Gasteiger partial charge on any atom is -0.356 e. The topological polar surface area (TPSA) is 49.3 Å². The van der Waals surface area contributed by atoms with Gasteiger partial charge in [-0.1, -0.05) is 19.1 Å². The number of nitrogens with zero attached hydrogens (tertiary/aromatic N) is 2. The molecule has 0 aliphatic carbocycles. The summed E-state index contributed by atoms with van der Waals surface area (Å²) in [7, 11) is 1.80. The molecule has 1 aromatic carbocycles. The lowest BCUT2D eigenvalue weighted by atomic mass is 10.1. The molecule has 2 N–H and O–H groups in total. The summed E-state index contributed by atoms with van der Waals surface area (Å²) in [4.78, 5) is 10.2. The molecule has 138 valence electrons. The monoisotopic (exact) mass is 490 g/mol. The number of hydrogen-bond donors (Lipinski definition) is 2. The third-order valence-electron chi connectivity index (χ3n) is 3.69. The second-order valence-electron chi connectivity index (χ2n) is 5.50. The Balaban J connectivity index is 0.00000312. The lowest BCUT2D eigenvalue weighted by Gasteiger charge is -2.13. The molecule has 0 saturated carbocycles. The van der Waals surface area contributed by atoms with Gasteiger partial charge in [0.05, 0.1) is 10.7 Å². The van der Waals surface area contributed by atoms with E-state index in [2.05, 4.69) is 64.3 Å². The molecule has 0 aliphatic rings. The van der Waals surface area contributed by atoms with Crippen LogP contribution >= 0.6 is 47.1 Å². The summed E-state index contributed by atoms with van der Waals surface area (Å²) in [5, 5.41) is 10.1. The molecule has 0 amide bonds. The lowest BCUT2D eigenvalue weighted by Crippen LogP contribution is -2.38. The van der Waals surface area contributed by atoms with Crippen molar-refractivity contribution in [1.82, 2.24) is 15.6 Å². The van der Waals surface area contributed by atoms with Crippen LogP contribution < -0.4 is 10.6 Å². The third kappa shape index (κ3) is 7.15. The van der Waals surface area contributed by atoms with Gasteiger partial charge in [0.1, 0.15) is 0 Å². The highest BCUT2D eigenvalue weighted by atomic mass is 127. The second-order valence-corrected chi connectivity index (χ2v) is 7.29. The highest BCUT2D eigenvalue weighted by Crippen LogP contribution is 2.21. The smallest absolute Gasteiger partial charge is 0.191 e. The summed E-state index contributed by atoms with van der Waals surface area (Å²) < 4.78 is 0. The fourth-order valence-electron chi connectivity index (χ4n) is 2.33. The van der Waals surface area contributed by atoms with Crippen molar-refractivity contribution in [2.24, 2.45) is 4.99 Å². The van der Waals surface area contributed by atoms with Crippen LogP contribution in [0.4, 0.5) is 0 Å². The molecule has 0 fully saturated rings. The van der Waals surface area contributed by atoms with E-state index in [1.165, 1.54) is 21.0 Å². The van der Waals surface area contributed by atoms with Gasteiger partial charge in [-0.15, -0.1) is 47.1 Å². The quantitative estimate of drug-likeness (QED) is 0.264.